The summed E-state index contributed by atoms with van der Waals surface area (Å²) in [6.07, 6.45) is 0.0237. The van der Waals surface area contributed by atoms with Gasteiger partial charge in [0.05, 0.1) is 34.7 Å². The first-order valence-corrected chi connectivity index (χ1v) is 14.5. The Hall–Kier alpha value is -3.30. The smallest absolute Gasteiger partial charge is 0.414 e. The van der Waals surface area contributed by atoms with Gasteiger partial charge in [-0.15, -0.1) is 0 Å². The van der Waals surface area contributed by atoms with E-state index in [-0.39, 0.29) is 32.8 Å². The Morgan fingerprint density at radius 3 is 2.57 bits per heavy atom. The molecule has 3 heterocycles. The minimum Gasteiger partial charge on any atom is -0.449 e. The van der Waals surface area contributed by atoms with Gasteiger partial charge in [-0.2, -0.15) is 14.0 Å². The number of pyridine rings is 1. The summed E-state index contributed by atoms with van der Waals surface area (Å²) in [4.78, 5) is 44.8. The summed E-state index contributed by atoms with van der Waals surface area (Å²) in [5, 5.41) is 6.13. The molecule has 0 unspecified atom stereocenters. The molecule has 1 atom stereocenters. The molecule has 5 rings (SSSR count). The van der Waals surface area contributed by atoms with Crippen molar-refractivity contribution in [3.8, 4) is 6.07 Å². The number of H-pyrrole nitrogens is 1. The van der Waals surface area contributed by atoms with Gasteiger partial charge >= 0.3 is 11.5 Å². The summed E-state index contributed by atoms with van der Waals surface area (Å²) in [5.74, 6) is -0.806. The third-order valence-corrected chi connectivity index (χ3v) is 9.44. The Kier molecular flexibility index (Phi) is 8.20. The number of halogens is 5. The van der Waals surface area contributed by atoms with Crippen molar-refractivity contribution in [2.45, 2.75) is 47.0 Å². The molecule has 1 fully saturated rings. The van der Waals surface area contributed by atoms with Gasteiger partial charge in [-0.05, 0) is 66.4 Å². The lowest BCUT2D eigenvalue weighted by molar-refractivity contribution is 0.0539. The van der Waals surface area contributed by atoms with Gasteiger partial charge < -0.3 is 14.6 Å². The number of hydrogen-bond acceptors (Lipinski definition) is 6. The van der Waals surface area contributed by atoms with E-state index < -0.39 is 39.7 Å². The van der Waals surface area contributed by atoms with Crippen molar-refractivity contribution in [3.05, 3.63) is 85.2 Å². The van der Waals surface area contributed by atoms with Crippen molar-refractivity contribution in [3.63, 3.8) is 0 Å². The predicted octanol–water partition coefficient (Wildman–Crippen LogP) is 7.25. The van der Waals surface area contributed by atoms with E-state index >= 15 is 0 Å². The first-order chi connectivity index (χ1) is 19.8. The van der Waals surface area contributed by atoms with Crippen LogP contribution < -0.4 is 10.5 Å². The summed E-state index contributed by atoms with van der Waals surface area (Å²) < 4.78 is 33.4. The molecule has 14 heteroatoms. The number of amides is 2. The molecule has 42 heavy (non-hydrogen) atoms. The number of aromatic amines is 1. The van der Waals surface area contributed by atoms with Crippen LogP contribution >= 0.6 is 46.6 Å². The lowest BCUT2D eigenvalue weighted by Crippen LogP contribution is -2.44. The Morgan fingerprint density at radius 1 is 1.21 bits per heavy atom. The van der Waals surface area contributed by atoms with Gasteiger partial charge in [0.25, 0.3) is 11.5 Å². The summed E-state index contributed by atoms with van der Waals surface area (Å²) in [6.45, 7) is 2.44. The van der Waals surface area contributed by atoms with E-state index in [0.717, 1.165) is 17.8 Å². The van der Waals surface area contributed by atoms with Gasteiger partial charge in [-0.25, -0.2) is 4.79 Å². The van der Waals surface area contributed by atoms with Crippen LogP contribution in [0, 0.1) is 11.3 Å². The van der Waals surface area contributed by atoms with Crippen molar-refractivity contribution in [2.75, 3.05) is 18.1 Å². The molecule has 2 aromatic carbocycles. The van der Waals surface area contributed by atoms with Crippen molar-refractivity contribution >= 4 is 64.3 Å². The number of hydrogen-bond donors (Lipinski definition) is 1. The fourth-order valence-corrected chi connectivity index (χ4v) is 6.86. The van der Waals surface area contributed by atoms with Crippen LogP contribution in [0.5, 0.6) is 0 Å². The number of nitrogens with zero attached hydrogens (tertiary/aromatic N) is 3. The molecule has 2 aliphatic heterocycles. The second kappa shape index (κ2) is 11.4. The first-order valence-electron chi connectivity index (χ1n) is 12.6. The monoisotopic (exact) mass is 652 g/mol. The SMILES string of the molecule is C[C@@]1(CC#N)c2ccc(N3CCCOC3=O)cc2CN1C(=O)c1c(Sc2c(Cl)cccc2Cl)cc(C(F)(F)Cl)[nH]c1=O. The van der Waals surface area contributed by atoms with E-state index in [1.54, 1.807) is 31.2 Å². The number of nitrogens with one attached hydrogen (secondary N) is 1. The van der Waals surface area contributed by atoms with Crippen LogP contribution in [0.15, 0.2) is 57.1 Å². The van der Waals surface area contributed by atoms with E-state index in [0.29, 0.717) is 36.4 Å². The van der Waals surface area contributed by atoms with Crippen LogP contribution in [-0.2, 0) is 22.2 Å². The van der Waals surface area contributed by atoms with Gasteiger partial charge in [0.15, 0.2) is 0 Å². The van der Waals surface area contributed by atoms with E-state index in [1.165, 1.54) is 21.9 Å². The molecule has 0 aliphatic carbocycles. The van der Waals surface area contributed by atoms with Gasteiger partial charge in [0.1, 0.15) is 11.3 Å². The third kappa shape index (κ3) is 5.44. The average Bonchev–Trinajstić information content (AvgIpc) is 3.21. The zero-order valence-corrected chi connectivity index (χ0v) is 24.9. The second-order valence-electron chi connectivity index (χ2n) is 9.86. The number of rotatable bonds is 6. The normalized spacial score (nSPS) is 18.5. The molecule has 0 spiro atoms. The number of carbonyl (C=O) groups is 2. The topological polar surface area (TPSA) is 106 Å². The molecule has 0 saturated carbocycles. The van der Waals surface area contributed by atoms with Crippen LogP contribution in [0.2, 0.25) is 10.0 Å². The quantitative estimate of drug-likeness (QED) is 0.281. The van der Waals surface area contributed by atoms with Crippen molar-refractivity contribution < 1.29 is 23.1 Å². The molecule has 1 aromatic heterocycles. The highest BCUT2D eigenvalue weighted by molar-refractivity contribution is 7.99. The second-order valence-corrected chi connectivity index (χ2v) is 12.2. The Balaban J connectivity index is 1.61. The third-order valence-electron chi connectivity index (χ3n) is 7.19. The molecule has 0 radical (unpaired) electrons. The van der Waals surface area contributed by atoms with E-state index in [9.17, 15) is 28.4 Å². The van der Waals surface area contributed by atoms with Crippen molar-refractivity contribution in [1.82, 2.24) is 9.88 Å². The number of anilines is 1. The number of cyclic esters (lactones) is 1. The minimum absolute atomic E-state index is 0.0209. The van der Waals surface area contributed by atoms with Crippen LogP contribution in [0.4, 0.5) is 19.3 Å². The van der Waals surface area contributed by atoms with Gasteiger partial charge in [0.2, 0.25) is 0 Å². The highest BCUT2D eigenvalue weighted by Crippen LogP contribution is 2.46. The molecule has 8 nitrogen and oxygen atoms in total. The standard InChI is InChI=1S/C28H21Cl3F2N4O4S/c1-27(8-9-34)17-7-6-16(36-10-3-11-41-26(36)40)12-15(17)14-37(27)25(39)22-20(13-21(28(31,32)33)35-24(22)38)42-23-18(29)4-2-5-19(23)30/h2,4-7,12-13H,3,8,10-11,14H2,1H3,(H,35,38)/t27-/m1/s1. The molecule has 1 N–H and O–H groups in total. The fourth-order valence-electron chi connectivity index (χ4n) is 5.12. The molecule has 218 valence electrons. The maximum Gasteiger partial charge on any atom is 0.414 e. The Morgan fingerprint density at radius 2 is 1.93 bits per heavy atom. The lowest BCUT2D eigenvalue weighted by atomic mass is 9.88. The van der Waals surface area contributed by atoms with E-state index in [1.807, 2.05) is 4.98 Å². The predicted molar refractivity (Wildman–Crippen MR) is 155 cm³/mol. The van der Waals surface area contributed by atoms with Crippen molar-refractivity contribution in [1.29, 1.82) is 5.26 Å². The summed E-state index contributed by atoms with van der Waals surface area (Å²) in [6, 6.07) is 12.8. The molecule has 3 aromatic rings. The van der Waals surface area contributed by atoms with Crippen LogP contribution in [0.25, 0.3) is 0 Å². The number of alkyl halides is 3. The minimum atomic E-state index is -3.94. The highest BCUT2D eigenvalue weighted by atomic mass is 35.5. The fraction of sp³-hybridized carbons (Fsp3) is 0.286. The van der Waals surface area contributed by atoms with Gasteiger partial charge in [0, 0.05) is 28.6 Å². The molecule has 2 aliphatic rings. The Labute approximate surface area is 258 Å². The molecule has 2 amide bonds. The number of benzene rings is 2. The average molecular weight is 654 g/mol. The van der Waals surface area contributed by atoms with Gasteiger partial charge in [-0.1, -0.05) is 47.1 Å². The Bertz CT molecular complexity index is 1690. The van der Waals surface area contributed by atoms with Crippen molar-refractivity contribution in [2.24, 2.45) is 0 Å². The summed E-state index contributed by atoms with van der Waals surface area (Å²) in [5.41, 5.74) is -1.79. The van der Waals surface area contributed by atoms with Crippen LogP contribution in [-0.4, -0.2) is 35.0 Å². The zero-order valence-electron chi connectivity index (χ0n) is 21.8. The summed E-state index contributed by atoms with van der Waals surface area (Å²) in [7, 11) is 0. The molecular formula is C28H21Cl3F2N4O4S. The lowest BCUT2D eigenvalue weighted by Gasteiger charge is -2.34. The largest absolute Gasteiger partial charge is 0.449 e. The number of nitriles is 1. The molecular weight excluding hydrogens is 633 g/mol. The number of aromatic nitrogens is 1. The van der Waals surface area contributed by atoms with Gasteiger partial charge in [-0.3, -0.25) is 14.5 Å². The highest BCUT2D eigenvalue weighted by Gasteiger charge is 2.46. The number of carbonyl (C=O) groups excluding carboxylic acids is 2. The van der Waals surface area contributed by atoms with Crippen LogP contribution in [0.3, 0.4) is 0 Å². The molecule has 0 bridgehead atoms. The van der Waals surface area contributed by atoms with E-state index in [2.05, 4.69) is 6.07 Å². The first kappa shape index (κ1) is 30.2. The zero-order chi connectivity index (χ0) is 30.4. The number of fused-ring (bicyclic) bond motifs is 1. The van der Waals surface area contributed by atoms with Crippen LogP contribution in [0.1, 0.15) is 46.9 Å². The maximum absolute atomic E-state index is 14.2. The summed E-state index contributed by atoms with van der Waals surface area (Å²) >= 11 is 18.6. The molecule has 1 saturated heterocycles. The maximum atomic E-state index is 14.2. The number of ether oxygens (including phenoxy) is 1. The van der Waals surface area contributed by atoms with E-state index in [4.69, 9.17) is 39.5 Å².